The van der Waals surface area contributed by atoms with Crippen LogP contribution in [0, 0.1) is 11.8 Å². The van der Waals surface area contributed by atoms with Gasteiger partial charge in [-0.3, -0.25) is 4.79 Å². The van der Waals surface area contributed by atoms with E-state index in [-0.39, 0.29) is 11.8 Å². The molecular formula is C28H41N3O7. The van der Waals surface area contributed by atoms with Crippen molar-refractivity contribution in [3.63, 3.8) is 0 Å². The summed E-state index contributed by atoms with van der Waals surface area (Å²) in [5, 5.41) is 16.1. The van der Waals surface area contributed by atoms with Crippen LogP contribution in [0.15, 0.2) is 24.3 Å². The van der Waals surface area contributed by atoms with Gasteiger partial charge >= 0.3 is 12.1 Å². The van der Waals surface area contributed by atoms with Crippen LogP contribution >= 0.6 is 0 Å². The first kappa shape index (κ1) is 28.3. The van der Waals surface area contributed by atoms with Crippen LogP contribution in [0.3, 0.4) is 0 Å². The van der Waals surface area contributed by atoms with E-state index in [9.17, 15) is 19.5 Å². The molecule has 3 heterocycles. The zero-order valence-corrected chi connectivity index (χ0v) is 22.4. The first-order valence-corrected chi connectivity index (χ1v) is 13.9. The molecule has 2 fully saturated rings. The summed E-state index contributed by atoms with van der Waals surface area (Å²) in [5.74, 6) is -1.99. The molecule has 0 aliphatic carbocycles. The molecule has 0 bridgehead atoms. The summed E-state index contributed by atoms with van der Waals surface area (Å²) < 4.78 is 17.6. The van der Waals surface area contributed by atoms with Crippen molar-refractivity contribution >= 4 is 18.0 Å². The van der Waals surface area contributed by atoms with Gasteiger partial charge in [-0.15, -0.1) is 0 Å². The number of hydrogen-bond donors (Lipinski definition) is 3. The van der Waals surface area contributed by atoms with E-state index < -0.39 is 42.5 Å². The zero-order chi connectivity index (χ0) is 27.1. The molecule has 2 saturated heterocycles. The third kappa shape index (κ3) is 6.84. The molecule has 0 radical (unpaired) electrons. The number of carboxylic acids is 1. The van der Waals surface area contributed by atoms with Crippen molar-refractivity contribution in [1.29, 1.82) is 0 Å². The van der Waals surface area contributed by atoms with Crippen LogP contribution in [0.4, 0.5) is 4.79 Å². The first-order valence-electron chi connectivity index (χ1n) is 13.9. The lowest BCUT2D eigenvalue weighted by atomic mass is 9.97. The third-order valence-corrected chi connectivity index (χ3v) is 7.86. The molecule has 38 heavy (non-hydrogen) atoms. The quantitative estimate of drug-likeness (QED) is 0.421. The van der Waals surface area contributed by atoms with Gasteiger partial charge in [-0.1, -0.05) is 44.5 Å². The highest BCUT2D eigenvalue weighted by Gasteiger charge is 2.41. The van der Waals surface area contributed by atoms with Crippen molar-refractivity contribution in [2.24, 2.45) is 11.8 Å². The van der Waals surface area contributed by atoms with Gasteiger partial charge in [0.05, 0.1) is 12.0 Å². The van der Waals surface area contributed by atoms with Gasteiger partial charge in [0.2, 0.25) is 5.91 Å². The molecule has 1 aromatic carbocycles. The summed E-state index contributed by atoms with van der Waals surface area (Å²) in [7, 11) is 0. The van der Waals surface area contributed by atoms with Crippen LogP contribution in [0.1, 0.15) is 57.1 Å². The van der Waals surface area contributed by atoms with E-state index in [0.29, 0.717) is 45.6 Å². The minimum Gasteiger partial charge on any atom is -0.479 e. The van der Waals surface area contributed by atoms with Crippen LogP contribution in [0.2, 0.25) is 0 Å². The Morgan fingerprint density at radius 3 is 2.74 bits per heavy atom. The molecule has 3 aliphatic heterocycles. The average molecular weight is 532 g/mol. The number of nitrogens with one attached hydrogen (secondary N) is 2. The molecular weight excluding hydrogens is 490 g/mol. The molecule has 0 saturated carbocycles. The summed E-state index contributed by atoms with van der Waals surface area (Å²) in [6.45, 7) is 6.24. The largest absolute Gasteiger partial charge is 0.479 e. The number of ether oxygens (including phenoxy) is 3. The molecule has 0 aromatic heterocycles. The van der Waals surface area contributed by atoms with E-state index in [4.69, 9.17) is 14.2 Å². The van der Waals surface area contributed by atoms with E-state index in [2.05, 4.69) is 16.7 Å². The van der Waals surface area contributed by atoms with Crippen molar-refractivity contribution in [3.8, 4) is 0 Å². The number of fused-ring (bicyclic) bond motifs is 1. The van der Waals surface area contributed by atoms with Crippen molar-refractivity contribution in [1.82, 2.24) is 15.5 Å². The second-order valence-electron chi connectivity index (χ2n) is 10.5. The first-order chi connectivity index (χ1) is 18.4. The highest BCUT2D eigenvalue weighted by atomic mass is 16.7. The number of nitrogens with zero attached hydrogens (tertiary/aromatic N) is 1. The monoisotopic (exact) mass is 531 g/mol. The number of benzene rings is 1. The van der Waals surface area contributed by atoms with Gasteiger partial charge in [-0.2, -0.15) is 0 Å². The summed E-state index contributed by atoms with van der Waals surface area (Å²) >= 11 is 0. The summed E-state index contributed by atoms with van der Waals surface area (Å²) in [4.78, 5) is 40.2. The Hall–Kier alpha value is -2.69. The van der Waals surface area contributed by atoms with Crippen molar-refractivity contribution in [2.45, 2.75) is 83.5 Å². The van der Waals surface area contributed by atoms with Crippen LogP contribution in [-0.2, 0) is 36.8 Å². The number of hydrogen-bond acceptors (Lipinski definition) is 7. The fraction of sp³-hybridized carbons (Fsp3) is 0.679. The second kappa shape index (κ2) is 13.4. The van der Waals surface area contributed by atoms with Crippen LogP contribution < -0.4 is 10.6 Å². The molecule has 4 rings (SSSR count). The fourth-order valence-electron chi connectivity index (χ4n) is 5.63. The Kier molecular flexibility index (Phi) is 9.98. The molecule has 4 unspecified atom stereocenters. The Morgan fingerprint density at radius 1 is 1.21 bits per heavy atom. The van der Waals surface area contributed by atoms with Crippen molar-refractivity contribution < 1.29 is 33.7 Å². The maximum atomic E-state index is 13.4. The highest BCUT2D eigenvalue weighted by Crippen LogP contribution is 2.27. The van der Waals surface area contributed by atoms with Crippen LogP contribution in [0.25, 0.3) is 0 Å². The summed E-state index contributed by atoms with van der Waals surface area (Å²) in [5.41, 5.74) is 2.33. The highest BCUT2D eigenvalue weighted by molar-refractivity contribution is 5.82. The number of amides is 2. The van der Waals surface area contributed by atoms with E-state index in [0.717, 1.165) is 31.2 Å². The number of carbonyl (C=O) groups is 3. The molecule has 10 heteroatoms. The van der Waals surface area contributed by atoms with Gasteiger partial charge in [0.15, 0.2) is 12.4 Å². The van der Waals surface area contributed by atoms with E-state index >= 15 is 0 Å². The van der Waals surface area contributed by atoms with Crippen LogP contribution in [-0.4, -0.2) is 78.8 Å². The predicted octanol–water partition coefficient (Wildman–Crippen LogP) is 2.69. The average Bonchev–Trinajstić information content (AvgIpc) is 3.39. The minimum absolute atomic E-state index is 0.119. The Labute approximate surface area is 224 Å². The molecule has 3 N–H and O–H groups in total. The number of carboxylic acid groups (broad SMARTS) is 1. The standard InChI is InChI=1S/C28H41N3O7/c1-3-8-22(24(26(33)34)38-27-18(4-2)11-7-14-36-27)30-25(32)21-15-29-16-23(21)37-28(35)31-13-12-19-9-5-6-10-20(19)17-31/h5-6,9-10,18,21-24,27,29H,3-4,7-8,11-17H2,1-2H3,(H,30,32)(H,33,34)/t18?,21?,22-,23+,24?,27?/m1/s1. The molecule has 1 aromatic rings. The Bertz CT molecular complexity index is 974. The maximum Gasteiger partial charge on any atom is 0.410 e. The van der Waals surface area contributed by atoms with E-state index in [1.54, 1.807) is 4.90 Å². The molecule has 2 amide bonds. The lowest BCUT2D eigenvalue weighted by molar-refractivity contribution is -0.226. The smallest absolute Gasteiger partial charge is 0.410 e. The van der Waals surface area contributed by atoms with Gasteiger partial charge in [0.25, 0.3) is 0 Å². The lowest BCUT2D eigenvalue weighted by Gasteiger charge is -2.35. The van der Waals surface area contributed by atoms with Gasteiger partial charge in [0.1, 0.15) is 6.10 Å². The van der Waals surface area contributed by atoms with E-state index in [1.807, 2.05) is 32.0 Å². The number of carbonyl (C=O) groups excluding carboxylic acids is 2. The number of aliphatic carboxylic acids is 1. The molecule has 6 atom stereocenters. The zero-order valence-electron chi connectivity index (χ0n) is 22.4. The van der Waals surface area contributed by atoms with Gasteiger partial charge < -0.3 is 34.9 Å². The van der Waals surface area contributed by atoms with Gasteiger partial charge in [-0.05, 0) is 43.2 Å². The van der Waals surface area contributed by atoms with Gasteiger partial charge in [-0.25, -0.2) is 9.59 Å². The Morgan fingerprint density at radius 2 is 2.00 bits per heavy atom. The molecule has 3 aliphatic rings. The summed E-state index contributed by atoms with van der Waals surface area (Å²) in [6.07, 6.45) is 1.60. The van der Waals surface area contributed by atoms with Crippen molar-refractivity contribution in [3.05, 3.63) is 35.4 Å². The lowest BCUT2D eigenvalue weighted by Crippen LogP contribution is -2.53. The maximum absolute atomic E-state index is 13.4. The predicted molar refractivity (Wildman–Crippen MR) is 139 cm³/mol. The van der Waals surface area contributed by atoms with Crippen molar-refractivity contribution in [2.75, 3.05) is 26.2 Å². The second-order valence-corrected chi connectivity index (χ2v) is 10.5. The molecule has 10 nitrogen and oxygen atoms in total. The van der Waals surface area contributed by atoms with Crippen LogP contribution in [0.5, 0.6) is 0 Å². The minimum atomic E-state index is -1.24. The summed E-state index contributed by atoms with van der Waals surface area (Å²) in [6, 6.07) is 7.30. The normalized spacial score (nSPS) is 26.7. The topological polar surface area (TPSA) is 126 Å². The van der Waals surface area contributed by atoms with Gasteiger partial charge in [0, 0.05) is 38.7 Å². The molecule has 210 valence electrons. The SMILES string of the molecule is CCC[C@@H](NC(=O)C1CNC[C@@H]1OC(=O)N1CCc2ccccc2C1)C(OC1OCCCC1CC)C(=O)O. The van der Waals surface area contributed by atoms with E-state index in [1.165, 1.54) is 5.56 Å². The fourth-order valence-corrected chi connectivity index (χ4v) is 5.63. The molecule has 0 spiro atoms. The Balaban J connectivity index is 1.38. The third-order valence-electron chi connectivity index (χ3n) is 7.86. The number of rotatable bonds is 10.